The fourth-order valence-electron chi connectivity index (χ4n) is 2.41. The molecule has 0 aliphatic rings. The van der Waals surface area contributed by atoms with Crippen LogP contribution in [0.15, 0.2) is 58.2 Å². The zero-order chi connectivity index (χ0) is 17.2. The van der Waals surface area contributed by atoms with Crippen LogP contribution in [0, 0.1) is 10.1 Å². The van der Waals surface area contributed by atoms with Crippen LogP contribution in [-0.4, -0.2) is 30.1 Å². The van der Waals surface area contributed by atoms with Gasteiger partial charge in [0.05, 0.1) is 16.9 Å². The van der Waals surface area contributed by atoms with Crippen molar-refractivity contribution in [1.82, 2.24) is 25.2 Å². The summed E-state index contributed by atoms with van der Waals surface area (Å²) < 4.78 is 1.71. The topological polar surface area (TPSA) is 99.6 Å². The van der Waals surface area contributed by atoms with Gasteiger partial charge >= 0.3 is 0 Å². The first-order chi connectivity index (χ1) is 12.2. The standard InChI is InChI=1S/C15H10N6O2S2/c22-21(23)13-3-4-14(11-5-6-16-8-12(11)13)25-15-17-18-19-20(15)9-10-2-1-7-24-10/h1-8H,9H2. The van der Waals surface area contributed by atoms with Crippen LogP contribution in [0.1, 0.15) is 4.88 Å². The lowest BCUT2D eigenvalue weighted by Crippen LogP contribution is -2.02. The molecule has 0 saturated carbocycles. The summed E-state index contributed by atoms with van der Waals surface area (Å²) in [6.07, 6.45) is 3.12. The Hall–Kier alpha value is -2.85. The lowest BCUT2D eigenvalue weighted by atomic mass is 10.1. The monoisotopic (exact) mass is 370 g/mol. The second kappa shape index (κ2) is 6.57. The molecule has 0 bridgehead atoms. The molecule has 0 N–H and O–H groups in total. The fraction of sp³-hybridized carbons (Fsp3) is 0.0667. The van der Waals surface area contributed by atoms with E-state index in [1.807, 2.05) is 17.5 Å². The number of rotatable bonds is 5. The molecule has 10 heteroatoms. The molecule has 0 aliphatic heterocycles. The molecule has 0 fully saturated rings. The van der Waals surface area contributed by atoms with E-state index in [4.69, 9.17) is 0 Å². The summed E-state index contributed by atoms with van der Waals surface area (Å²) in [5, 5.41) is 26.9. The van der Waals surface area contributed by atoms with Gasteiger partial charge in [-0.05, 0) is 45.8 Å². The van der Waals surface area contributed by atoms with Crippen molar-refractivity contribution in [3.05, 3.63) is 63.1 Å². The Labute approximate surface area is 149 Å². The van der Waals surface area contributed by atoms with E-state index in [1.165, 1.54) is 24.0 Å². The molecule has 4 aromatic rings. The summed E-state index contributed by atoms with van der Waals surface area (Å²) in [6, 6.07) is 8.97. The SMILES string of the molecule is O=[N+]([O-])c1ccc(Sc2nnnn2Cc2cccs2)c2ccncc12. The van der Waals surface area contributed by atoms with Gasteiger partial charge in [0, 0.05) is 33.6 Å². The number of hydrogen-bond donors (Lipinski definition) is 0. The van der Waals surface area contributed by atoms with E-state index >= 15 is 0 Å². The number of pyridine rings is 1. The Bertz CT molecular complexity index is 1050. The number of fused-ring (bicyclic) bond motifs is 1. The summed E-state index contributed by atoms with van der Waals surface area (Å²) in [5.41, 5.74) is 0.0330. The summed E-state index contributed by atoms with van der Waals surface area (Å²) >= 11 is 3.01. The van der Waals surface area contributed by atoms with E-state index in [2.05, 4.69) is 20.5 Å². The van der Waals surface area contributed by atoms with Crippen LogP contribution in [0.4, 0.5) is 5.69 Å². The maximum absolute atomic E-state index is 11.2. The van der Waals surface area contributed by atoms with Gasteiger partial charge in [0.1, 0.15) is 0 Å². The second-order valence-electron chi connectivity index (χ2n) is 5.06. The highest BCUT2D eigenvalue weighted by atomic mass is 32.2. The van der Waals surface area contributed by atoms with Gasteiger partial charge in [0.2, 0.25) is 5.16 Å². The molecule has 3 heterocycles. The van der Waals surface area contributed by atoms with Gasteiger partial charge in [-0.25, -0.2) is 4.68 Å². The summed E-state index contributed by atoms with van der Waals surface area (Å²) in [7, 11) is 0. The number of nitro groups is 1. The molecule has 0 saturated heterocycles. The molecule has 25 heavy (non-hydrogen) atoms. The predicted molar refractivity (Wildman–Crippen MR) is 93.8 cm³/mol. The highest BCUT2D eigenvalue weighted by Crippen LogP contribution is 2.36. The van der Waals surface area contributed by atoms with E-state index in [0.29, 0.717) is 17.1 Å². The Kier molecular flexibility index (Phi) is 4.12. The zero-order valence-corrected chi connectivity index (χ0v) is 14.3. The Morgan fingerprint density at radius 1 is 1.24 bits per heavy atom. The smallest absolute Gasteiger partial charge is 0.264 e. The van der Waals surface area contributed by atoms with Gasteiger partial charge in [-0.1, -0.05) is 6.07 Å². The Morgan fingerprint density at radius 3 is 2.96 bits per heavy atom. The molecule has 3 aromatic heterocycles. The highest BCUT2D eigenvalue weighted by Gasteiger charge is 2.17. The summed E-state index contributed by atoms with van der Waals surface area (Å²) in [5.74, 6) is 0. The third kappa shape index (κ3) is 3.08. The predicted octanol–water partition coefficient (Wildman–Crippen LogP) is 3.39. The molecular weight excluding hydrogens is 360 g/mol. The molecule has 0 atom stereocenters. The zero-order valence-electron chi connectivity index (χ0n) is 12.6. The van der Waals surface area contributed by atoms with E-state index in [-0.39, 0.29) is 5.69 Å². The second-order valence-corrected chi connectivity index (χ2v) is 7.10. The number of hydrogen-bond acceptors (Lipinski definition) is 8. The van der Waals surface area contributed by atoms with Gasteiger partial charge in [0.15, 0.2) is 0 Å². The quantitative estimate of drug-likeness (QED) is 0.392. The van der Waals surface area contributed by atoms with Gasteiger partial charge in [-0.15, -0.1) is 16.4 Å². The molecule has 0 unspecified atom stereocenters. The maximum Gasteiger partial charge on any atom is 0.278 e. The molecule has 4 rings (SSSR count). The van der Waals surface area contributed by atoms with Crippen LogP contribution in [0.25, 0.3) is 10.8 Å². The van der Waals surface area contributed by atoms with Crippen molar-refractivity contribution in [3.8, 4) is 0 Å². The van der Waals surface area contributed by atoms with E-state index in [1.54, 1.807) is 34.3 Å². The third-order valence-corrected chi connectivity index (χ3v) is 5.45. The lowest BCUT2D eigenvalue weighted by molar-refractivity contribution is -0.383. The van der Waals surface area contributed by atoms with Crippen LogP contribution in [0.3, 0.4) is 0 Å². The van der Waals surface area contributed by atoms with Crippen LogP contribution < -0.4 is 0 Å². The van der Waals surface area contributed by atoms with Gasteiger partial charge in [-0.2, -0.15) is 0 Å². The Balaban J connectivity index is 1.72. The first-order valence-electron chi connectivity index (χ1n) is 7.20. The van der Waals surface area contributed by atoms with E-state index in [0.717, 1.165) is 15.2 Å². The average molecular weight is 370 g/mol. The number of nitro benzene ring substituents is 1. The largest absolute Gasteiger partial charge is 0.278 e. The maximum atomic E-state index is 11.2. The number of aromatic nitrogens is 5. The van der Waals surface area contributed by atoms with Crippen LogP contribution >= 0.6 is 23.1 Å². The molecule has 8 nitrogen and oxygen atoms in total. The molecule has 0 amide bonds. The van der Waals surface area contributed by atoms with Crippen molar-refractivity contribution in [2.45, 2.75) is 16.6 Å². The molecular formula is C15H10N6O2S2. The van der Waals surface area contributed by atoms with Crippen molar-refractivity contribution in [1.29, 1.82) is 0 Å². The molecule has 1 aromatic carbocycles. The van der Waals surface area contributed by atoms with Gasteiger partial charge in [-0.3, -0.25) is 15.1 Å². The third-order valence-electron chi connectivity index (χ3n) is 3.54. The molecule has 0 radical (unpaired) electrons. The fourth-order valence-corrected chi connectivity index (χ4v) is 4.00. The van der Waals surface area contributed by atoms with E-state index < -0.39 is 4.92 Å². The van der Waals surface area contributed by atoms with Crippen molar-refractivity contribution in [2.75, 3.05) is 0 Å². The lowest BCUT2D eigenvalue weighted by Gasteiger charge is -2.06. The minimum Gasteiger partial charge on any atom is -0.264 e. The number of benzene rings is 1. The molecule has 124 valence electrons. The highest BCUT2D eigenvalue weighted by molar-refractivity contribution is 7.99. The van der Waals surface area contributed by atoms with Crippen LogP contribution in [0.5, 0.6) is 0 Å². The number of non-ortho nitro benzene ring substituents is 1. The first-order valence-corrected chi connectivity index (χ1v) is 8.89. The van der Waals surface area contributed by atoms with Crippen LogP contribution in [-0.2, 0) is 6.54 Å². The average Bonchev–Trinajstić information content (AvgIpc) is 3.28. The number of tetrazole rings is 1. The summed E-state index contributed by atoms with van der Waals surface area (Å²) in [6.45, 7) is 0.583. The van der Waals surface area contributed by atoms with Crippen molar-refractivity contribution in [3.63, 3.8) is 0 Å². The Morgan fingerprint density at radius 2 is 2.16 bits per heavy atom. The minimum atomic E-state index is -0.403. The van der Waals surface area contributed by atoms with Gasteiger partial charge in [0.25, 0.3) is 5.69 Å². The first kappa shape index (κ1) is 15.7. The minimum absolute atomic E-state index is 0.0330. The number of nitrogens with zero attached hydrogens (tertiary/aromatic N) is 6. The number of thiophene rings is 1. The molecule has 0 aliphatic carbocycles. The van der Waals surface area contributed by atoms with E-state index in [9.17, 15) is 10.1 Å². The normalized spacial score (nSPS) is 11.0. The van der Waals surface area contributed by atoms with Gasteiger partial charge < -0.3 is 0 Å². The van der Waals surface area contributed by atoms with Crippen molar-refractivity contribution >= 4 is 39.6 Å². The molecule has 0 spiro atoms. The summed E-state index contributed by atoms with van der Waals surface area (Å²) in [4.78, 5) is 16.8. The van der Waals surface area contributed by atoms with Crippen LogP contribution in [0.2, 0.25) is 0 Å². The van der Waals surface area contributed by atoms with Crippen molar-refractivity contribution < 1.29 is 4.92 Å². The van der Waals surface area contributed by atoms with Crippen molar-refractivity contribution in [2.24, 2.45) is 0 Å².